The summed E-state index contributed by atoms with van der Waals surface area (Å²) in [5.41, 5.74) is 7.17. The number of methoxy groups -OCH3 is 1. The van der Waals surface area contributed by atoms with Gasteiger partial charge in [0.05, 0.1) is 32.5 Å². The number of carbonyl (C=O) groups excluding carboxylic acids is 1. The number of nitrogens with zero attached hydrogens (tertiary/aromatic N) is 4. The van der Waals surface area contributed by atoms with E-state index in [-0.39, 0.29) is 10.2 Å². The molecule has 180 valence electrons. The maximum atomic E-state index is 12.8. The number of rotatable bonds is 7. The molecule has 0 bridgehead atoms. The fourth-order valence-corrected chi connectivity index (χ4v) is 4.14. The molecule has 1 amide bonds. The van der Waals surface area contributed by atoms with E-state index in [4.69, 9.17) is 15.2 Å². The number of aliphatic hydroxyl groups excluding tert-OH is 2. The highest BCUT2D eigenvalue weighted by Gasteiger charge is 2.56. The Kier molecular flexibility index (Phi) is 6.48. The fourth-order valence-electron chi connectivity index (χ4n) is 4.14. The van der Waals surface area contributed by atoms with Crippen molar-refractivity contribution in [2.75, 3.05) is 33.1 Å². The van der Waals surface area contributed by atoms with Crippen molar-refractivity contribution in [3.8, 4) is 5.75 Å². The third-order valence-corrected chi connectivity index (χ3v) is 6.00. The number of benzene rings is 1. The topological polar surface area (TPSA) is 164 Å². The van der Waals surface area contributed by atoms with Crippen LogP contribution in [0, 0.1) is 0 Å². The number of nitrogens with one attached hydrogen (secondary N) is 2. The third-order valence-electron chi connectivity index (χ3n) is 6.00. The molecule has 2 aliphatic heterocycles. The number of fused-ring (bicyclic) bond motifs is 1. The summed E-state index contributed by atoms with van der Waals surface area (Å²) in [6, 6.07) is 6.11. The van der Waals surface area contributed by atoms with E-state index < -0.39 is 37.0 Å². The smallest absolute Gasteiger partial charge is 0.267 e. The Labute approximate surface area is 196 Å². The molecule has 3 heterocycles. The number of anilines is 1. The number of carbonyl (C=O) groups is 1. The molecule has 0 saturated carbocycles. The standard InChI is InChI=1S/C22H27N7O5/c1-24-19-17-20(26-10-25-19)29(2,11-27-17)22-18(31)16(15(9-30)34-22)28-21(32)14(23)8-12-4-6-13(33-3)7-5-12/h4-8,10-11,15-16,18,22,30-31H,9,23H2,1-3H3,(H-,24,25,26,28,32)/p+1/t15-,16-,18-,22-,29?/m1/s1. The van der Waals surface area contributed by atoms with Gasteiger partial charge >= 0.3 is 0 Å². The Balaban J connectivity index is 1.53. The molecule has 2 aliphatic rings. The van der Waals surface area contributed by atoms with Crippen molar-refractivity contribution in [1.29, 1.82) is 0 Å². The van der Waals surface area contributed by atoms with Gasteiger partial charge in [0, 0.05) is 7.05 Å². The first-order chi connectivity index (χ1) is 16.3. The molecule has 4 rings (SSSR count). The van der Waals surface area contributed by atoms with E-state index in [0.717, 1.165) is 0 Å². The van der Waals surface area contributed by atoms with Crippen molar-refractivity contribution in [3.63, 3.8) is 0 Å². The van der Waals surface area contributed by atoms with Crippen LogP contribution in [0.15, 0.2) is 41.3 Å². The average molecular weight is 471 g/mol. The van der Waals surface area contributed by atoms with Crippen LogP contribution in [0.5, 0.6) is 5.75 Å². The second kappa shape index (κ2) is 9.35. The van der Waals surface area contributed by atoms with Crippen LogP contribution in [0.25, 0.3) is 6.08 Å². The normalized spacial score (nSPS) is 28.0. The van der Waals surface area contributed by atoms with E-state index in [9.17, 15) is 15.0 Å². The molecule has 12 heteroatoms. The van der Waals surface area contributed by atoms with Gasteiger partial charge in [0.15, 0.2) is 23.9 Å². The number of aromatic nitrogens is 2. The Morgan fingerprint density at radius 2 is 2.06 bits per heavy atom. The summed E-state index contributed by atoms with van der Waals surface area (Å²) >= 11 is 0. The molecule has 12 nitrogen and oxygen atoms in total. The monoisotopic (exact) mass is 470 g/mol. The van der Waals surface area contributed by atoms with E-state index in [1.165, 1.54) is 12.4 Å². The molecule has 5 atom stereocenters. The molecule has 2 aromatic rings. The van der Waals surface area contributed by atoms with Crippen LogP contribution in [-0.4, -0.2) is 84.7 Å². The van der Waals surface area contributed by atoms with Crippen LogP contribution in [0.1, 0.15) is 5.56 Å². The minimum atomic E-state index is -1.19. The van der Waals surface area contributed by atoms with Gasteiger partial charge < -0.3 is 36.1 Å². The molecule has 1 aromatic carbocycles. The summed E-state index contributed by atoms with van der Waals surface area (Å²) in [7, 11) is 5.05. The number of aliphatic imine (C=N–C) groups is 1. The Morgan fingerprint density at radius 3 is 2.71 bits per heavy atom. The van der Waals surface area contributed by atoms with Gasteiger partial charge in [-0.05, 0) is 23.8 Å². The van der Waals surface area contributed by atoms with Crippen molar-refractivity contribution in [1.82, 2.24) is 19.8 Å². The highest BCUT2D eigenvalue weighted by Crippen LogP contribution is 2.43. The Bertz CT molecular complexity index is 1120. The van der Waals surface area contributed by atoms with Gasteiger partial charge in [0.2, 0.25) is 6.23 Å². The molecule has 0 radical (unpaired) electrons. The SMILES string of the molecule is CNc1ncnc2c1N=C[N+]2(C)[C@@H]1O[C@H](CO)[C@@H](NC(=O)C(N)=Cc2ccc(OC)cc2)[C@H]1O. The zero-order valence-electron chi connectivity index (χ0n) is 19.0. The molecular formula is C22H28N7O5+. The summed E-state index contributed by atoms with van der Waals surface area (Å²) in [4.78, 5) is 25.7. The number of aliphatic hydroxyl groups is 2. The molecule has 0 aliphatic carbocycles. The van der Waals surface area contributed by atoms with Crippen molar-refractivity contribution in [2.45, 2.75) is 24.5 Å². The molecule has 0 spiro atoms. The van der Waals surface area contributed by atoms with Crippen LogP contribution in [-0.2, 0) is 9.53 Å². The fraction of sp³-hybridized carbons (Fsp3) is 0.364. The zero-order valence-corrected chi connectivity index (χ0v) is 19.0. The molecule has 34 heavy (non-hydrogen) atoms. The lowest BCUT2D eigenvalue weighted by Crippen LogP contribution is -2.58. The highest BCUT2D eigenvalue weighted by atomic mass is 16.6. The first-order valence-corrected chi connectivity index (χ1v) is 10.6. The maximum absolute atomic E-state index is 12.8. The van der Waals surface area contributed by atoms with Gasteiger partial charge in [0.1, 0.15) is 18.2 Å². The number of amides is 1. The van der Waals surface area contributed by atoms with Gasteiger partial charge in [0.25, 0.3) is 11.7 Å². The van der Waals surface area contributed by atoms with E-state index >= 15 is 0 Å². The summed E-state index contributed by atoms with van der Waals surface area (Å²) in [5, 5.41) is 26.7. The van der Waals surface area contributed by atoms with Gasteiger partial charge in [-0.1, -0.05) is 12.1 Å². The summed E-state index contributed by atoms with van der Waals surface area (Å²) in [6.07, 6.45) is 1.55. The predicted molar refractivity (Wildman–Crippen MR) is 126 cm³/mol. The Morgan fingerprint density at radius 1 is 1.32 bits per heavy atom. The second-order valence-corrected chi connectivity index (χ2v) is 8.15. The zero-order chi connectivity index (χ0) is 24.5. The van der Waals surface area contributed by atoms with Crippen LogP contribution >= 0.6 is 0 Å². The number of quaternary nitrogens is 1. The van der Waals surface area contributed by atoms with Gasteiger partial charge in [-0.25, -0.2) is 9.47 Å². The van der Waals surface area contributed by atoms with Crippen molar-refractivity contribution < 1.29 is 24.5 Å². The summed E-state index contributed by atoms with van der Waals surface area (Å²) < 4.78 is 11.0. The van der Waals surface area contributed by atoms with Crippen molar-refractivity contribution >= 4 is 35.6 Å². The third kappa shape index (κ3) is 4.07. The molecule has 1 fully saturated rings. The largest absolute Gasteiger partial charge is 0.497 e. The number of hydrogen-bond acceptors (Lipinski definition) is 10. The maximum Gasteiger partial charge on any atom is 0.267 e. The first-order valence-electron chi connectivity index (χ1n) is 10.6. The van der Waals surface area contributed by atoms with E-state index in [2.05, 4.69) is 25.6 Å². The predicted octanol–water partition coefficient (Wildman–Crippen LogP) is -0.300. The van der Waals surface area contributed by atoms with Crippen LogP contribution < -0.4 is 25.6 Å². The molecule has 6 N–H and O–H groups in total. The van der Waals surface area contributed by atoms with Crippen LogP contribution in [0.2, 0.25) is 0 Å². The van der Waals surface area contributed by atoms with E-state index in [0.29, 0.717) is 28.6 Å². The number of nitrogens with two attached hydrogens (primary N) is 1. The van der Waals surface area contributed by atoms with E-state index in [1.54, 1.807) is 51.8 Å². The number of likely N-dealkylation sites (N-methyl/N-ethyl adjacent to an activating group) is 1. The first kappa shape index (κ1) is 23.6. The molecular weight excluding hydrogens is 442 g/mol. The van der Waals surface area contributed by atoms with Crippen molar-refractivity contribution in [3.05, 3.63) is 41.9 Å². The van der Waals surface area contributed by atoms with Crippen LogP contribution in [0.4, 0.5) is 17.3 Å². The summed E-state index contributed by atoms with van der Waals surface area (Å²) in [6.45, 7) is -0.420. The Hall–Kier alpha value is -3.58. The number of hydrogen-bond donors (Lipinski definition) is 5. The lowest BCUT2D eigenvalue weighted by molar-refractivity contribution is -0.119. The van der Waals surface area contributed by atoms with Gasteiger partial charge in [-0.3, -0.25) is 4.79 Å². The molecule has 1 saturated heterocycles. The van der Waals surface area contributed by atoms with Gasteiger partial charge in [-0.15, -0.1) is 0 Å². The molecule has 1 aromatic heterocycles. The average Bonchev–Trinajstić information content (AvgIpc) is 3.37. The summed E-state index contributed by atoms with van der Waals surface area (Å²) in [5.74, 6) is 1.14. The van der Waals surface area contributed by atoms with Crippen LogP contribution in [0.3, 0.4) is 0 Å². The quantitative estimate of drug-likeness (QED) is 0.270. The second-order valence-electron chi connectivity index (χ2n) is 8.15. The van der Waals surface area contributed by atoms with Gasteiger partial charge in [-0.2, -0.15) is 9.98 Å². The lowest BCUT2D eigenvalue weighted by atomic mass is 10.1. The van der Waals surface area contributed by atoms with E-state index in [1.807, 2.05) is 0 Å². The lowest BCUT2D eigenvalue weighted by Gasteiger charge is -2.32. The highest BCUT2D eigenvalue weighted by molar-refractivity contribution is 5.97. The number of ether oxygens (including phenoxy) is 2. The minimum absolute atomic E-state index is 0.0580. The molecule has 1 unspecified atom stereocenters. The minimum Gasteiger partial charge on any atom is -0.497 e. The van der Waals surface area contributed by atoms with Crippen molar-refractivity contribution in [2.24, 2.45) is 10.7 Å².